The molecule has 2 aromatic heterocycles. The number of halogens is 1. The Kier molecular flexibility index (Phi) is 5.35. The van der Waals surface area contributed by atoms with Crippen molar-refractivity contribution in [3.63, 3.8) is 0 Å². The number of nitrogens with zero attached hydrogens (tertiary/aromatic N) is 2. The van der Waals surface area contributed by atoms with E-state index in [4.69, 9.17) is 9.72 Å². The maximum absolute atomic E-state index is 15.0. The fourth-order valence-corrected chi connectivity index (χ4v) is 6.95. The minimum atomic E-state index is -1.94. The van der Waals surface area contributed by atoms with E-state index in [9.17, 15) is 24.9 Å². The highest BCUT2D eigenvalue weighted by Crippen LogP contribution is 2.46. The van der Waals surface area contributed by atoms with Crippen LogP contribution in [0.1, 0.15) is 72.0 Å². The number of carbonyl (C=O) groups is 1. The van der Waals surface area contributed by atoms with E-state index in [1.165, 1.54) is 6.07 Å². The van der Waals surface area contributed by atoms with Crippen LogP contribution in [0.2, 0.25) is 0 Å². The van der Waals surface area contributed by atoms with Crippen molar-refractivity contribution in [2.75, 3.05) is 0 Å². The van der Waals surface area contributed by atoms with Gasteiger partial charge in [0, 0.05) is 34.5 Å². The van der Waals surface area contributed by atoms with Crippen molar-refractivity contribution in [2.24, 2.45) is 5.92 Å². The molecule has 0 radical (unpaired) electrons. The average Bonchev–Trinajstić information content (AvgIpc) is 3.27. The summed E-state index contributed by atoms with van der Waals surface area (Å²) in [6.07, 6.45) is 1.11. The second-order valence-electron chi connectivity index (χ2n) is 11.4. The molecule has 1 unspecified atom stereocenters. The summed E-state index contributed by atoms with van der Waals surface area (Å²) in [4.78, 5) is 31.1. The zero-order valence-electron chi connectivity index (χ0n) is 21.8. The van der Waals surface area contributed by atoms with E-state index >= 15 is 4.39 Å². The first-order valence-corrected chi connectivity index (χ1v) is 13.6. The van der Waals surface area contributed by atoms with Crippen LogP contribution in [0.15, 0.2) is 16.9 Å². The maximum atomic E-state index is 15.0. The van der Waals surface area contributed by atoms with Crippen LogP contribution < -0.4 is 10.9 Å². The molecule has 1 saturated carbocycles. The predicted molar refractivity (Wildman–Crippen MR) is 138 cm³/mol. The minimum Gasteiger partial charge on any atom is -0.458 e. The lowest BCUT2D eigenvalue weighted by Crippen LogP contribution is -2.46. The SMILES string of the molecule is CC[C@@]1(O)C(=O)OCc2c1cc1n(c2=O)Cc2c-1nc1cc(F)c(C)c3c1c2[C@@H](NC(O)C1CC(O)C1)CC3. The molecule has 10 heteroatoms. The summed E-state index contributed by atoms with van der Waals surface area (Å²) in [6, 6.07) is 2.80. The second-order valence-corrected chi connectivity index (χ2v) is 11.4. The van der Waals surface area contributed by atoms with E-state index < -0.39 is 23.9 Å². The third kappa shape index (κ3) is 3.35. The zero-order chi connectivity index (χ0) is 27.4. The minimum absolute atomic E-state index is 0.0403. The van der Waals surface area contributed by atoms with Crippen molar-refractivity contribution in [2.45, 2.75) is 83.1 Å². The van der Waals surface area contributed by atoms with E-state index in [-0.39, 0.29) is 54.0 Å². The Hall–Kier alpha value is -3.18. The Balaban J connectivity index is 1.44. The van der Waals surface area contributed by atoms with Crippen LogP contribution in [-0.2, 0) is 34.7 Å². The van der Waals surface area contributed by atoms with Gasteiger partial charge in [-0.1, -0.05) is 6.92 Å². The van der Waals surface area contributed by atoms with Gasteiger partial charge in [-0.05, 0) is 61.8 Å². The molecule has 7 rings (SSSR count). The number of esters is 1. The number of aliphatic hydroxyl groups excluding tert-OH is 2. The smallest absolute Gasteiger partial charge is 0.343 e. The molecule has 0 amide bonds. The van der Waals surface area contributed by atoms with Gasteiger partial charge in [0.25, 0.3) is 5.56 Å². The van der Waals surface area contributed by atoms with Crippen molar-refractivity contribution in [1.82, 2.24) is 14.9 Å². The number of hydrogen-bond donors (Lipinski definition) is 4. The zero-order valence-corrected chi connectivity index (χ0v) is 21.8. The number of fused-ring (bicyclic) bond motifs is 5. The standard InChI is InChI=1S/C29H30FN3O6/c1-3-29(38)18-8-22-25-16(10-33(22)27(36)17(18)11-39-28(29)37)24-20(32-26(35)13-6-14(34)7-13)5-4-15-12(2)19(30)9-21(31-25)23(15)24/h8-9,13-14,20,26,32,34-35,38H,3-7,10-11H2,1-2H3/t13?,14?,20-,26?,29-/m0/s1. The molecule has 0 saturated heterocycles. The number of aryl methyl sites for hydroxylation is 1. The van der Waals surface area contributed by atoms with Gasteiger partial charge in [0.1, 0.15) is 18.7 Å². The lowest BCUT2D eigenvalue weighted by molar-refractivity contribution is -0.172. The molecule has 1 aromatic carbocycles. The normalized spacial score (nSPS) is 27.4. The Labute approximate surface area is 223 Å². The van der Waals surface area contributed by atoms with Crippen molar-refractivity contribution < 1.29 is 29.2 Å². The molecular weight excluding hydrogens is 505 g/mol. The molecule has 9 nitrogen and oxygen atoms in total. The van der Waals surface area contributed by atoms with Crippen molar-refractivity contribution in [3.05, 3.63) is 61.7 Å². The quantitative estimate of drug-likeness (QED) is 0.231. The second kappa shape index (κ2) is 8.41. The first-order chi connectivity index (χ1) is 18.6. The molecule has 39 heavy (non-hydrogen) atoms. The van der Waals surface area contributed by atoms with Gasteiger partial charge in [-0.25, -0.2) is 14.2 Å². The van der Waals surface area contributed by atoms with Gasteiger partial charge in [0.05, 0.1) is 35.1 Å². The molecule has 2 aliphatic heterocycles. The molecule has 204 valence electrons. The average molecular weight is 536 g/mol. The summed E-state index contributed by atoms with van der Waals surface area (Å²) in [5.41, 5.74) is 2.74. The summed E-state index contributed by atoms with van der Waals surface area (Å²) in [5, 5.41) is 36.1. The third-order valence-corrected chi connectivity index (χ3v) is 9.35. The molecule has 4 N–H and O–H groups in total. The van der Waals surface area contributed by atoms with E-state index in [2.05, 4.69) is 5.32 Å². The van der Waals surface area contributed by atoms with Gasteiger partial charge >= 0.3 is 5.97 Å². The van der Waals surface area contributed by atoms with Gasteiger partial charge in [0.2, 0.25) is 0 Å². The van der Waals surface area contributed by atoms with E-state index in [0.717, 1.165) is 22.1 Å². The molecule has 1 fully saturated rings. The van der Waals surface area contributed by atoms with Crippen molar-refractivity contribution in [1.29, 1.82) is 0 Å². The van der Waals surface area contributed by atoms with Gasteiger partial charge in [0.15, 0.2) is 5.60 Å². The number of nitrogens with one attached hydrogen (secondary N) is 1. The van der Waals surface area contributed by atoms with Gasteiger partial charge in [-0.2, -0.15) is 0 Å². The van der Waals surface area contributed by atoms with Gasteiger partial charge in [-0.15, -0.1) is 0 Å². The van der Waals surface area contributed by atoms with E-state index in [0.29, 0.717) is 48.2 Å². The Bertz CT molecular complexity index is 1640. The highest BCUT2D eigenvalue weighted by molar-refractivity contribution is 5.93. The van der Waals surface area contributed by atoms with Crippen molar-refractivity contribution in [3.8, 4) is 11.4 Å². The summed E-state index contributed by atoms with van der Waals surface area (Å²) in [6.45, 7) is 3.42. The number of aliphatic hydroxyl groups is 3. The number of aromatic nitrogens is 2. The van der Waals surface area contributed by atoms with Crippen molar-refractivity contribution >= 4 is 16.9 Å². The summed E-state index contributed by atoms with van der Waals surface area (Å²) in [7, 11) is 0. The third-order valence-electron chi connectivity index (χ3n) is 9.35. The fourth-order valence-electron chi connectivity index (χ4n) is 6.95. The molecule has 0 spiro atoms. The number of rotatable bonds is 4. The highest BCUT2D eigenvalue weighted by atomic mass is 19.1. The molecule has 4 aliphatic rings. The van der Waals surface area contributed by atoms with Gasteiger partial charge in [-0.3, -0.25) is 10.1 Å². The van der Waals surface area contributed by atoms with Crippen LogP contribution >= 0.6 is 0 Å². The Morgan fingerprint density at radius 3 is 2.74 bits per heavy atom. The number of cyclic esters (lactones) is 1. The summed E-state index contributed by atoms with van der Waals surface area (Å²) < 4.78 is 21.8. The molecule has 3 atom stereocenters. The Morgan fingerprint density at radius 1 is 1.26 bits per heavy atom. The van der Waals surface area contributed by atoms with E-state index in [1.807, 2.05) is 0 Å². The highest BCUT2D eigenvalue weighted by Gasteiger charge is 2.46. The number of ether oxygens (including phenoxy) is 1. The van der Waals surface area contributed by atoms with Crippen LogP contribution in [0.3, 0.4) is 0 Å². The molecule has 3 aromatic rings. The topological polar surface area (TPSA) is 134 Å². The fraction of sp³-hybridized carbons (Fsp3) is 0.483. The first kappa shape index (κ1) is 24.8. The maximum Gasteiger partial charge on any atom is 0.343 e. The van der Waals surface area contributed by atoms with E-state index in [1.54, 1.807) is 24.5 Å². The molecule has 4 heterocycles. The predicted octanol–water partition coefficient (Wildman–Crippen LogP) is 2.19. The largest absolute Gasteiger partial charge is 0.458 e. The lowest BCUT2D eigenvalue weighted by atomic mass is 9.79. The lowest BCUT2D eigenvalue weighted by Gasteiger charge is -2.38. The summed E-state index contributed by atoms with van der Waals surface area (Å²) >= 11 is 0. The number of carbonyl (C=O) groups excluding carboxylic acids is 1. The monoisotopic (exact) mass is 535 g/mol. The Morgan fingerprint density at radius 2 is 2.03 bits per heavy atom. The van der Waals surface area contributed by atoms with Crippen LogP contribution in [-0.4, -0.2) is 43.2 Å². The molecule has 2 aliphatic carbocycles. The van der Waals surface area contributed by atoms with Crippen LogP contribution in [0.4, 0.5) is 4.39 Å². The van der Waals surface area contributed by atoms with Crippen LogP contribution in [0.25, 0.3) is 22.3 Å². The number of benzene rings is 1. The van der Waals surface area contributed by atoms with Gasteiger partial charge < -0.3 is 24.6 Å². The summed E-state index contributed by atoms with van der Waals surface area (Å²) in [5.74, 6) is -1.20. The van der Waals surface area contributed by atoms with Crippen LogP contribution in [0.5, 0.6) is 0 Å². The molecule has 0 bridgehead atoms. The van der Waals surface area contributed by atoms with Crippen LogP contribution in [0, 0.1) is 18.7 Å². The number of hydrogen-bond acceptors (Lipinski definition) is 8. The molecular formula is C29H30FN3O6. The number of pyridine rings is 2. The first-order valence-electron chi connectivity index (χ1n) is 13.6.